The van der Waals surface area contributed by atoms with Crippen LogP contribution in [0.2, 0.25) is 4.34 Å². The zero-order chi connectivity index (χ0) is 28.8. The topological polar surface area (TPSA) is 101 Å². The highest BCUT2D eigenvalue weighted by Crippen LogP contribution is 2.39. The first-order valence-electron chi connectivity index (χ1n) is 11.3. The third kappa shape index (κ3) is 5.15. The molecular formula is C26H16ClF4N3O4S2. The summed E-state index contributed by atoms with van der Waals surface area (Å²) in [7, 11) is -4.48. The fraction of sp³-hybridized carbons (Fsp3) is 0.0769. The lowest BCUT2D eigenvalue weighted by molar-refractivity contribution is -0.137. The number of aromatic amines is 1. The highest BCUT2D eigenvalue weighted by atomic mass is 35.5. The Morgan fingerprint density at radius 3 is 2.45 bits per heavy atom. The molecule has 14 heteroatoms. The lowest BCUT2D eigenvalue weighted by Gasteiger charge is -2.13. The number of carbonyl (C=O) groups excluding carboxylic acids is 1. The van der Waals surface area contributed by atoms with Gasteiger partial charge in [-0.1, -0.05) is 29.8 Å². The van der Waals surface area contributed by atoms with Gasteiger partial charge in [0.1, 0.15) is 15.7 Å². The number of hydrogen-bond donors (Lipinski definition) is 2. The molecule has 2 aromatic carbocycles. The van der Waals surface area contributed by atoms with Crippen molar-refractivity contribution in [1.82, 2.24) is 14.3 Å². The largest absolute Gasteiger partial charge is 0.416 e. The van der Waals surface area contributed by atoms with Crippen LogP contribution in [0.4, 0.5) is 17.6 Å². The van der Waals surface area contributed by atoms with Crippen LogP contribution in [-0.4, -0.2) is 23.9 Å². The van der Waals surface area contributed by atoms with E-state index < -0.39 is 44.7 Å². The Morgan fingerprint density at radius 1 is 1.05 bits per heavy atom. The standard InChI is InChI=1S/C26H16ClF4N3O4S2/c27-20-9-10-21(39-20)40(37,38)33-25(36)23-22(16-5-3-11-32-24(16)35)17-12-15(26(29,30)31)7-8-19(17)34(23)13-14-4-1-2-6-18(14)28/h1-12H,13H2,(H,32,35)(H,33,36). The summed E-state index contributed by atoms with van der Waals surface area (Å²) in [6.45, 7) is -0.368. The quantitative estimate of drug-likeness (QED) is 0.229. The fourth-order valence-electron chi connectivity index (χ4n) is 4.28. The normalized spacial score (nSPS) is 12.1. The SMILES string of the molecule is O=C(NS(=O)(=O)c1ccc(Cl)s1)c1c(-c2ccc[nH]c2=O)c2cc(C(F)(F)F)ccc2n1Cc1ccccc1F. The van der Waals surface area contributed by atoms with Crippen LogP contribution in [0, 0.1) is 5.82 Å². The first-order valence-corrected chi connectivity index (χ1v) is 14.0. The summed E-state index contributed by atoms with van der Waals surface area (Å²) < 4.78 is 84.8. The molecular weight excluding hydrogens is 594 g/mol. The second-order valence-electron chi connectivity index (χ2n) is 8.54. The van der Waals surface area contributed by atoms with E-state index in [1.165, 1.54) is 53.2 Å². The molecule has 0 fully saturated rings. The maximum Gasteiger partial charge on any atom is 0.416 e. The minimum atomic E-state index is -4.77. The molecule has 0 unspecified atom stereocenters. The minimum Gasteiger partial charge on any atom is -0.331 e. The van der Waals surface area contributed by atoms with Crippen LogP contribution in [0.25, 0.3) is 22.0 Å². The van der Waals surface area contributed by atoms with Gasteiger partial charge in [-0.05, 0) is 48.5 Å². The maximum atomic E-state index is 14.7. The predicted molar refractivity (Wildman–Crippen MR) is 142 cm³/mol. The van der Waals surface area contributed by atoms with Crippen LogP contribution in [0.5, 0.6) is 0 Å². The van der Waals surface area contributed by atoms with Gasteiger partial charge in [-0.3, -0.25) is 9.59 Å². The number of sulfonamides is 1. The smallest absolute Gasteiger partial charge is 0.331 e. The van der Waals surface area contributed by atoms with Crippen LogP contribution in [-0.2, 0) is 22.7 Å². The van der Waals surface area contributed by atoms with E-state index in [9.17, 15) is 35.6 Å². The van der Waals surface area contributed by atoms with Crippen molar-refractivity contribution in [2.75, 3.05) is 0 Å². The number of amides is 1. The second-order valence-corrected chi connectivity index (χ2v) is 12.2. The molecule has 206 valence electrons. The molecule has 3 heterocycles. The number of rotatable bonds is 6. The number of halogens is 5. The minimum absolute atomic E-state index is 0.0382. The number of nitrogens with one attached hydrogen (secondary N) is 2. The number of pyridine rings is 1. The molecule has 2 N–H and O–H groups in total. The highest BCUT2D eigenvalue weighted by Gasteiger charge is 2.34. The fourth-order valence-corrected chi connectivity index (χ4v) is 6.72. The van der Waals surface area contributed by atoms with Crippen LogP contribution < -0.4 is 10.3 Å². The van der Waals surface area contributed by atoms with Crippen LogP contribution in [0.1, 0.15) is 21.6 Å². The third-order valence-corrected chi connectivity index (χ3v) is 9.07. The average molecular weight is 610 g/mol. The maximum absolute atomic E-state index is 14.7. The zero-order valence-electron chi connectivity index (χ0n) is 19.9. The summed E-state index contributed by atoms with van der Waals surface area (Å²) in [6.07, 6.45) is -3.48. The van der Waals surface area contributed by atoms with E-state index in [0.717, 1.165) is 24.3 Å². The number of nitrogens with zero attached hydrogens (tertiary/aromatic N) is 1. The molecule has 0 radical (unpaired) electrons. The Bertz CT molecular complexity index is 1950. The second kappa shape index (κ2) is 10.2. The van der Waals surface area contributed by atoms with Gasteiger partial charge in [-0.25, -0.2) is 17.5 Å². The summed E-state index contributed by atoms with van der Waals surface area (Å²) in [4.78, 5) is 29.0. The summed E-state index contributed by atoms with van der Waals surface area (Å²) >= 11 is 6.53. The van der Waals surface area contributed by atoms with Gasteiger partial charge in [0.15, 0.2) is 0 Å². The number of fused-ring (bicyclic) bond motifs is 1. The first kappa shape index (κ1) is 27.6. The van der Waals surface area contributed by atoms with E-state index in [1.54, 1.807) is 0 Å². The van der Waals surface area contributed by atoms with E-state index in [1.807, 2.05) is 4.72 Å². The number of H-pyrrole nitrogens is 1. The molecule has 0 spiro atoms. The van der Waals surface area contributed by atoms with Crippen LogP contribution >= 0.6 is 22.9 Å². The third-order valence-electron chi connectivity index (χ3n) is 6.02. The lowest BCUT2D eigenvalue weighted by Crippen LogP contribution is -2.32. The van der Waals surface area contributed by atoms with Gasteiger partial charge in [0, 0.05) is 33.8 Å². The van der Waals surface area contributed by atoms with Crippen molar-refractivity contribution >= 4 is 49.8 Å². The van der Waals surface area contributed by atoms with Gasteiger partial charge in [0.25, 0.3) is 21.5 Å². The van der Waals surface area contributed by atoms with Gasteiger partial charge >= 0.3 is 6.18 Å². The molecule has 3 aromatic heterocycles. The van der Waals surface area contributed by atoms with E-state index in [-0.39, 0.29) is 42.7 Å². The Balaban J connectivity index is 1.83. The van der Waals surface area contributed by atoms with Crippen LogP contribution in [0.15, 0.2) is 81.9 Å². The number of alkyl halides is 3. The summed E-state index contributed by atoms with van der Waals surface area (Å²) in [6, 6.07) is 13.3. The van der Waals surface area contributed by atoms with E-state index in [4.69, 9.17) is 11.6 Å². The molecule has 0 aliphatic carbocycles. The number of thiophene rings is 1. The molecule has 1 amide bonds. The number of benzene rings is 2. The Morgan fingerprint density at radius 2 is 1.80 bits per heavy atom. The van der Waals surface area contributed by atoms with Crippen molar-refractivity contribution in [3.05, 3.63) is 110 Å². The number of carbonyl (C=O) groups is 1. The molecule has 0 saturated heterocycles. The number of hydrogen-bond acceptors (Lipinski definition) is 5. The van der Waals surface area contributed by atoms with Crippen molar-refractivity contribution in [1.29, 1.82) is 0 Å². The summed E-state index contributed by atoms with van der Waals surface area (Å²) in [5.74, 6) is -1.91. The van der Waals surface area contributed by atoms with Gasteiger partial charge in [-0.2, -0.15) is 13.2 Å². The predicted octanol–water partition coefficient (Wildman–Crippen LogP) is 6.04. The van der Waals surface area contributed by atoms with Crippen LogP contribution in [0.3, 0.4) is 0 Å². The monoisotopic (exact) mass is 609 g/mol. The first-order chi connectivity index (χ1) is 18.9. The van der Waals surface area contributed by atoms with Crippen molar-refractivity contribution < 1.29 is 30.8 Å². The highest BCUT2D eigenvalue weighted by molar-refractivity contribution is 7.92. The van der Waals surface area contributed by atoms with E-state index >= 15 is 0 Å². The van der Waals surface area contributed by atoms with Crippen molar-refractivity contribution in [2.24, 2.45) is 0 Å². The molecule has 7 nitrogen and oxygen atoms in total. The summed E-state index contributed by atoms with van der Waals surface area (Å²) in [5, 5.41) is -0.162. The van der Waals surface area contributed by atoms with E-state index in [2.05, 4.69) is 4.98 Å². The van der Waals surface area contributed by atoms with Gasteiger partial charge in [0.05, 0.1) is 16.4 Å². The summed E-state index contributed by atoms with van der Waals surface area (Å²) in [5.41, 5.74) is -2.61. The number of aromatic nitrogens is 2. The molecule has 5 rings (SSSR count). The molecule has 0 atom stereocenters. The molecule has 0 saturated carbocycles. The Kier molecular flexibility index (Phi) is 7.06. The molecule has 0 bridgehead atoms. The van der Waals surface area contributed by atoms with Gasteiger partial charge < -0.3 is 9.55 Å². The van der Waals surface area contributed by atoms with Crippen molar-refractivity contribution in [3.63, 3.8) is 0 Å². The Hall–Kier alpha value is -3.94. The molecule has 0 aliphatic rings. The molecule has 5 aromatic rings. The molecule has 40 heavy (non-hydrogen) atoms. The molecule has 0 aliphatic heterocycles. The van der Waals surface area contributed by atoms with Gasteiger partial charge in [-0.15, -0.1) is 11.3 Å². The average Bonchev–Trinajstić information content (AvgIpc) is 3.47. The van der Waals surface area contributed by atoms with E-state index in [0.29, 0.717) is 11.3 Å². The Labute approximate surface area is 232 Å². The van der Waals surface area contributed by atoms with Crippen molar-refractivity contribution in [2.45, 2.75) is 16.9 Å². The van der Waals surface area contributed by atoms with Crippen molar-refractivity contribution in [3.8, 4) is 11.1 Å². The van der Waals surface area contributed by atoms with Gasteiger partial charge in [0.2, 0.25) is 0 Å². The zero-order valence-corrected chi connectivity index (χ0v) is 22.3. The lowest BCUT2D eigenvalue weighted by atomic mass is 10.0.